The van der Waals surface area contributed by atoms with E-state index in [1.54, 1.807) is 12.5 Å². The van der Waals surface area contributed by atoms with Gasteiger partial charge in [0.15, 0.2) is 11.6 Å². The molecular formula is C19H23N3O3. The Bertz CT molecular complexity index is 710. The number of furan rings is 1. The fraction of sp³-hybridized carbons (Fsp3) is 0.474. The Morgan fingerprint density at radius 3 is 2.96 bits per heavy atom. The van der Waals surface area contributed by atoms with E-state index in [0.717, 1.165) is 43.2 Å². The van der Waals surface area contributed by atoms with Crippen molar-refractivity contribution in [2.45, 2.75) is 31.8 Å². The van der Waals surface area contributed by atoms with Gasteiger partial charge in [-0.3, -0.25) is 4.79 Å². The van der Waals surface area contributed by atoms with E-state index in [1.807, 2.05) is 29.3 Å². The number of ether oxygens (including phenoxy) is 1. The summed E-state index contributed by atoms with van der Waals surface area (Å²) < 4.78 is 11.3. The van der Waals surface area contributed by atoms with Crippen molar-refractivity contribution in [3.8, 4) is 5.75 Å². The van der Waals surface area contributed by atoms with Crippen molar-refractivity contribution in [1.82, 2.24) is 9.88 Å². The Kier molecular flexibility index (Phi) is 4.59. The number of likely N-dealkylation sites (tertiary alicyclic amines) is 1. The average Bonchev–Trinajstić information content (AvgIpc) is 3.38. The minimum atomic E-state index is 0.0267. The van der Waals surface area contributed by atoms with Gasteiger partial charge >= 0.3 is 0 Å². The highest BCUT2D eigenvalue weighted by atomic mass is 16.5. The number of carbonyl (C=O) groups is 1. The highest BCUT2D eigenvalue weighted by molar-refractivity contribution is 5.79. The number of hydrogen-bond donors (Lipinski definition) is 0. The van der Waals surface area contributed by atoms with E-state index in [0.29, 0.717) is 13.0 Å². The summed E-state index contributed by atoms with van der Waals surface area (Å²) in [6.07, 6.45) is 8.71. The Labute approximate surface area is 147 Å². The van der Waals surface area contributed by atoms with Crippen LogP contribution in [0.4, 0.5) is 5.82 Å². The van der Waals surface area contributed by atoms with Crippen LogP contribution < -0.4 is 9.64 Å². The number of anilines is 1. The SMILES string of the molecule is O=C(Cc1ccoc1)N1CCC(Oc2cccnc2N2CCCC2)C1. The minimum Gasteiger partial charge on any atom is -0.485 e. The molecule has 4 rings (SSSR count). The van der Waals surface area contributed by atoms with Crippen molar-refractivity contribution in [1.29, 1.82) is 0 Å². The van der Waals surface area contributed by atoms with Crippen molar-refractivity contribution in [3.63, 3.8) is 0 Å². The van der Waals surface area contributed by atoms with E-state index in [1.165, 1.54) is 12.8 Å². The summed E-state index contributed by atoms with van der Waals surface area (Å²) in [5, 5.41) is 0. The quantitative estimate of drug-likeness (QED) is 0.836. The Balaban J connectivity index is 1.37. The Morgan fingerprint density at radius 1 is 1.28 bits per heavy atom. The molecule has 0 spiro atoms. The highest BCUT2D eigenvalue weighted by Gasteiger charge is 2.29. The van der Waals surface area contributed by atoms with Crippen molar-refractivity contribution < 1.29 is 13.9 Å². The third kappa shape index (κ3) is 3.62. The van der Waals surface area contributed by atoms with Crippen LogP contribution in [0.25, 0.3) is 0 Å². The van der Waals surface area contributed by atoms with Gasteiger partial charge in [0.25, 0.3) is 0 Å². The molecule has 2 aromatic rings. The lowest BCUT2D eigenvalue weighted by molar-refractivity contribution is -0.129. The summed E-state index contributed by atoms with van der Waals surface area (Å²) in [5.74, 6) is 1.89. The van der Waals surface area contributed by atoms with Crippen LogP contribution in [0.5, 0.6) is 5.75 Å². The van der Waals surface area contributed by atoms with Crippen LogP contribution in [-0.4, -0.2) is 48.1 Å². The molecule has 0 saturated carbocycles. The molecule has 1 atom stereocenters. The molecule has 2 fully saturated rings. The lowest BCUT2D eigenvalue weighted by Crippen LogP contribution is -2.32. The lowest BCUT2D eigenvalue weighted by atomic mass is 10.2. The second-order valence-corrected chi connectivity index (χ2v) is 6.70. The molecule has 4 heterocycles. The zero-order valence-corrected chi connectivity index (χ0v) is 14.3. The van der Waals surface area contributed by atoms with Crippen LogP contribution in [-0.2, 0) is 11.2 Å². The van der Waals surface area contributed by atoms with E-state index < -0.39 is 0 Å². The van der Waals surface area contributed by atoms with E-state index in [9.17, 15) is 4.79 Å². The van der Waals surface area contributed by atoms with Gasteiger partial charge in [-0.1, -0.05) is 0 Å². The molecular weight excluding hydrogens is 318 g/mol. The molecule has 6 heteroatoms. The van der Waals surface area contributed by atoms with Crippen molar-refractivity contribution in [3.05, 3.63) is 42.5 Å². The Hall–Kier alpha value is -2.50. The summed E-state index contributed by atoms with van der Waals surface area (Å²) in [7, 11) is 0. The molecule has 0 aliphatic carbocycles. The first kappa shape index (κ1) is 16.0. The number of aromatic nitrogens is 1. The lowest BCUT2D eigenvalue weighted by Gasteiger charge is -2.22. The molecule has 1 amide bonds. The fourth-order valence-electron chi connectivity index (χ4n) is 3.55. The molecule has 1 unspecified atom stereocenters. The fourth-order valence-corrected chi connectivity index (χ4v) is 3.55. The number of hydrogen-bond acceptors (Lipinski definition) is 5. The molecule has 2 saturated heterocycles. The van der Waals surface area contributed by atoms with E-state index in [2.05, 4.69) is 9.88 Å². The molecule has 2 aliphatic rings. The number of carbonyl (C=O) groups excluding carboxylic acids is 1. The smallest absolute Gasteiger partial charge is 0.227 e. The molecule has 0 N–H and O–H groups in total. The molecule has 0 aromatic carbocycles. The number of amides is 1. The molecule has 0 bridgehead atoms. The van der Waals surface area contributed by atoms with Gasteiger partial charge in [0.05, 0.1) is 25.5 Å². The first-order valence-corrected chi connectivity index (χ1v) is 8.95. The van der Waals surface area contributed by atoms with Gasteiger partial charge in [-0.25, -0.2) is 4.98 Å². The Morgan fingerprint density at radius 2 is 2.16 bits per heavy atom. The van der Waals surface area contributed by atoms with E-state index in [-0.39, 0.29) is 12.0 Å². The molecule has 2 aliphatic heterocycles. The van der Waals surface area contributed by atoms with Crippen LogP contribution in [0.2, 0.25) is 0 Å². The first-order valence-electron chi connectivity index (χ1n) is 8.95. The molecule has 25 heavy (non-hydrogen) atoms. The first-order chi connectivity index (χ1) is 12.3. The van der Waals surface area contributed by atoms with Crippen molar-refractivity contribution >= 4 is 11.7 Å². The highest BCUT2D eigenvalue weighted by Crippen LogP contribution is 2.30. The monoisotopic (exact) mass is 341 g/mol. The van der Waals surface area contributed by atoms with Gasteiger partial charge in [-0.05, 0) is 36.6 Å². The van der Waals surface area contributed by atoms with Gasteiger partial charge in [-0.15, -0.1) is 0 Å². The minimum absolute atomic E-state index is 0.0267. The van der Waals surface area contributed by atoms with Gasteiger partial charge in [0.1, 0.15) is 6.10 Å². The van der Waals surface area contributed by atoms with Crippen LogP contribution in [0.15, 0.2) is 41.3 Å². The van der Waals surface area contributed by atoms with Gasteiger partial charge in [0.2, 0.25) is 5.91 Å². The molecule has 2 aromatic heterocycles. The van der Waals surface area contributed by atoms with Crippen molar-refractivity contribution in [2.24, 2.45) is 0 Å². The zero-order valence-electron chi connectivity index (χ0n) is 14.3. The maximum absolute atomic E-state index is 12.4. The third-order valence-corrected chi connectivity index (χ3v) is 4.88. The number of rotatable bonds is 5. The summed E-state index contributed by atoms with van der Waals surface area (Å²) in [5.41, 5.74) is 0.915. The van der Waals surface area contributed by atoms with E-state index >= 15 is 0 Å². The number of nitrogens with zero attached hydrogens (tertiary/aromatic N) is 3. The zero-order chi connectivity index (χ0) is 17.1. The average molecular weight is 341 g/mol. The standard InChI is InChI=1S/C19H23N3O3/c23-18(12-15-6-11-24-14-15)22-10-5-16(13-22)25-17-4-3-7-20-19(17)21-8-1-2-9-21/h3-4,6-7,11,14,16H,1-2,5,8-10,12-13H2. The normalized spacial score (nSPS) is 20.2. The van der Waals surface area contributed by atoms with Gasteiger partial charge in [-0.2, -0.15) is 0 Å². The van der Waals surface area contributed by atoms with Gasteiger partial charge < -0.3 is 19.0 Å². The second-order valence-electron chi connectivity index (χ2n) is 6.70. The number of pyridine rings is 1. The predicted molar refractivity (Wildman–Crippen MR) is 93.7 cm³/mol. The topological polar surface area (TPSA) is 58.8 Å². The molecule has 6 nitrogen and oxygen atoms in total. The third-order valence-electron chi connectivity index (χ3n) is 4.88. The second kappa shape index (κ2) is 7.17. The van der Waals surface area contributed by atoms with Crippen LogP contribution in [0, 0.1) is 0 Å². The van der Waals surface area contributed by atoms with Crippen molar-refractivity contribution in [2.75, 3.05) is 31.1 Å². The molecule has 0 radical (unpaired) electrons. The van der Waals surface area contributed by atoms with E-state index in [4.69, 9.17) is 9.15 Å². The summed E-state index contributed by atoms with van der Waals surface area (Å²) in [6.45, 7) is 3.44. The summed E-state index contributed by atoms with van der Waals surface area (Å²) in [4.78, 5) is 21.1. The predicted octanol–water partition coefficient (Wildman–Crippen LogP) is 2.50. The van der Waals surface area contributed by atoms with Crippen LogP contribution in [0.3, 0.4) is 0 Å². The van der Waals surface area contributed by atoms with Gasteiger partial charge in [0, 0.05) is 32.3 Å². The summed E-state index contributed by atoms with van der Waals surface area (Å²) in [6, 6.07) is 5.72. The molecule has 132 valence electrons. The maximum atomic E-state index is 12.4. The maximum Gasteiger partial charge on any atom is 0.227 e. The van der Waals surface area contributed by atoms with Crippen LogP contribution in [0.1, 0.15) is 24.8 Å². The van der Waals surface area contributed by atoms with Crippen LogP contribution >= 0.6 is 0 Å². The summed E-state index contributed by atoms with van der Waals surface area (Å²) >= 11 is 0. The largest absolute Gasteiger partial charge is 0.485 e.